The Morgan fingerprint density at radius 3 is 2.76 bits per heavy atom. The predicted molar refractivity (Wildman–Crippen MR) is 111 cm³/mol. The van der Waals surface area contributed by atoms with Crippen molar-refractivity contribution in [1.29, 1.82) is 0 Å². The lowest BCUT2D eigenvalue weighted by Gasteiger charge is -2.12. The van der Waals surface area contributed by atoms with Gasteiger partial charge in [0.15, 0.2) is 11.5 Å². The van der Waals surface area contributed by atoms with Gasteiger partial charge in [0, 0.05) is 0 Å². The SMILES string of the molecule is COc1cc(/C=C2/NC(=O)N(CC(=O)Nc3ccccc3F)C2=O)cc(I)c1O. The molecule has 0 aromatic heterocycles. The smallest absolute Gasteiger partial charge is 0.329 e. The molecule has 1 fully saturated rings. The third-order valence-electron chi connectivity index (χ3n) is 3.99. The third kappa shape index (κ3) is 4.47. The molecule has 1 heterocycles. The minimum atomic E-state index is -0.773. The second-order valence-electron chi connectivity index (χ2n) is 5.96. The van der Waals surface area contributed by atoms with Crippen molar-refractivity contribution in [3.05, 3.63) is 57.0 Å². The Kier molecular flexibility index (Phi) is 6.01. The van der Waals surface area contributed by atoms with Crippen LogP contribution in [0.25, 0.3) is 6.08 Å². The molecule has 10 heteroatoms. The van der Waals surface area contributed by atoms with Crippen molar-refractivity contribution in [2.24, 2.45) is 0 Å². The minimum Gasteiger partial charge on any atom is -0.504 e. The Bertz CT molecular complexity index is 1040. The van der Waals surface area contributed by atoms with E-state index in [1.54, 1.807) is 12.1 Å². The summed E-state index contributed by atoms with van der Waals surface area (Å²) in [7, 11) is 1.39. The van der Waals surface area contributed by atoms with Crippen LogP contribution in [0, 0.1) is 9.39 Å². The molecule has 3 N–H and O–H groups in total. The van der Waals surface area contributed by atoms with Crippen LogP contribution in [0.1, 0.15) is 5.56 Å². The number of phenols is 1. The van der Waals surface area contributed by atoms with Crippen LogP contribution in [0.5, 0.6) is 11.5 Å². The van der Waals surface area contributed by atoms with Crippen molar-refractivity contribution < 1.29 is 28.6 Å². The van der Waals surface area contributed by atoms with Gasteiger partial charge in [-0.05, 0) is 58.5 Å². The molecule has 2 aromatic carbocycles. The van der Waals surface area contributed by atoms with Gasteiger partial charge in [0.05, 0.1) is 16.4 Å². The van der Waals surface area contributed by atoms with Gasteiger partial charge in [-0.2, -0.15) is 0 Å². The molecule has 150 valence electrons. The maximum atomic E-state index is 13.6. The summed E-state index contributed by atoms with van der Waals surface area (Å²) in [5, 5.41) is 14.6. The molecule has 1 aliphatic rings. The summed E-state index contributed by atoms with van der Waals surface area (Å²) in [4.78, 5) is 37.5. The fraction of sp³-hybridized carbons (Fsp3) is 0.105. The number of imide groups is 1. The van der Waals surface area contributed by atoms with Crippen LogP contribution in [-0.4, -0.2) is 41.5 Å². The van der Waals surface area contributed by atoms with E-state index in [0.29, 0.717) is 14.0 Å². The predicted octanol–water partition coefficient (Wildman–Crippen LogP) is 2.68. The molecule has 0 aliphatic carbocycles. The number of ether oxygens (including phenoxy) is 1. The first-order valence-corrected chi connectivity index (χ1v) is 9.33. The number of aromatic hydroxyl groups is 1. The van der Waals surface area contributed by atoms with Gasteiger partial charge in [0.1, 0.15) is 18.1 Å². The first-order chi connectivity index (χ1) is 13.8. The van der Waals surface area contributed by atoms with E-state index in [-0.39, 0.29) is 22.9 Å². The van der Waals surface area contributed by atoms with E-state index in [1.165, 1.54) is 37.5 Å². The second-order valence-corrected chi connectivity index (χ2v) is 7.12. The normalized spacial score (nSPS) is 14.9. The number of urea groups is 1. The Hall–Kier alpha value is -3.15. The summed E-state index contributed by atoms with van der Waals surface area (Å²) in [5.41, 5.74) is 0.411. The highest BCUT2D eigenvalue weighted by molar-refractivity contribution is 14.1. The Balaban J connectivity index is 1.76. The van der Waals surface area contributed by atoms with E-state index >= 15 is 0 Å². The number of anilines is 1. The van der Waals surface area contributed by atoms with Crippen LogP contribution in [0.4, 0.5) is 14.9 Å². The monoisotopic (exact) mass is 511 g/mol. The highest BCUT2D eigenvalue weighted by Gasteiger charge is 2.35. The maximum absolute atomic E-state index is 13.6. The topological polar surface area (TPSA) is 108 Å². The third-order valence-corrected chi connectivity index (χ3v) is 4.82. The molecule has 1 saturated heterocycles. The summed E-state index contributed by atoms with van der Waals surface area (Å²) in [6, 6.07) is 7.88. The van der Waals surface area contributed by atoms with E-state index in [1.807, 2.05) is 22.6 Å². The lowest BCUT2D eigenvalue weighted by Crippen LogP contribution is -2.38. The maximum Gasteiger partial charge on any atom is 0.329 e. The summed E-state index contributed by atoms with van der Waals surface area (Å²) < 4.78 is 19.2. The fourth-order valence-electron chi connectivity index (χ4n) is 2.61. The molecule has 3 rings (SSSR count). The summed E-state index contributed by atoms with van der Waals surface area (Å²) >= 11 is 1.90. The number of carbonyl (C=O) groups excluding carboxylic acids is 3. The zero-order chi connectivity index (χ0) is 21.1. The van der Waals surface area contributed by atoms with Crippen LogP contribution in [0.2, 0.25) is 0 Å². The first-order valence-electron chi connectivity index (χ1n) is 8.25. The first kappa shape index (κ1) is 20.6. The minimum absolute atomic E-state index is 0.0384. The van der Waals surface area contributed by atoms with Crippen molar-refractivity contribution in [2.75, 3.05) is 19.0 Å². The largest absolute Gasteiger partial charge is 0.504 e. The number of benzene rings is 2. The van der Waals surface area contributed by atoms with Crippen molar-refractivity contribution in [3.63, 3.8) is 0 Å². The van der Waals surface area contributed by atoms with Crippen LogP contribution >= 0.6 is 22.6 Å². The molecule has 0 saturated carbocycles. The molecule has 0 bridgehead atoms. The molecule has 1 aliphatic heterocycles. The number of phenolic OH excluding ortho intramolecular Hbond substituents is 1. The van der Waals surface area contributed by atoms with Gasteiger partial charge in [0.2, 0.25) is 5.91 Å². The molecule has 0 unspecified atom stereocenters. The van der Waals surface area contributed by atoms with Crippen molar-refractivity contribution in [2.45, 2.75) is 0 Å². The van der Waals surface area contributed by atoms with Crippen molar-refractivity contribution >= 4 is 52.2 Å². The summed E-state index contributed by atoms with van der Waals surface area (Å²) in [6.45, 7) is -0.577. The lowest BCUT2D eigenvalue weighted by atomic mass is 10.1. The van der Waals surface area contributed by atoms with Crippen molar-refractivity contribution in [3.8, 4) is 11.5 Å². The number of hydrogen-bond donors (Lipinski definition) is 3. The van der Waals surface area contributed by atoms with Crippen LogP contribution in [0.3, 0.4) is 0 Å². The van der Waals surface area contributed by atoms with Gasteiger partial charge < -0.3 is 20.5 Å². The molecule has 4 amide bonds. The Morgan fingerprint density at radius 1 is 1.34 bits per heavy atom. The number of nitrogens with zero attached hydrogens (tertiary/aromatic N) is 1. The van der Waals surface area contributed by atoms with Crippen LogP contribution in [-0.2, 0) is 9.59 Å². The number of methoxy groups -OCH3 is 1. The number of nitrogens with one attached hydrogen (secondary N) is 2. The lowest BCUT2D eigenvalue weighted by molar-refractivity contribution is -0.127. The average Bonchev–Trinajstić information content (AvgIpc) is 2.93. The van der Waals surface area contributed by atoms with E-state index in [9.17, 15) is 23.9 Å². The Labute approximate surface area is 178 Å². The van der Waals surface area contributed by atoms with Crippen LogP contribution in [0.15, 0.2) is 42.1 Å². The molecule has 29 heavy (non-hydrogen) atoms. The van der Waals surface area contributed by atoms with E-state index in [2.05, 4.69) is 10.6 Å². The van der Waals surface area contributed by atoms with E-state index < -0.39 is 30.2 Å². The number of amides is 4. The number of para-hydroxylation sites is 1. The highest BCUT2D eigenvalue weighted by atomic mass is 127. The van der Waals surface area contributed by atoms with Gasteiger partial charge >= 0.3 is 6.03 Å². The summed E-state index contributed by atoms with van der Waals surface area (Å²) in [6.07, 6.45) is 1.40. The molecule has 8 nitrogen and oxygen atoms in total. The molecular weight excluding hydrogens is 496 g/mol. The quantitative estimate of drug-likeness (QED) is 0.325. The molecule has 2 aromatic rings. The zero-order valence-electron chi connectivity index (χ0n) is 15.0. The molecule has 0 radical (unpaired) electrons. The van der Waals surface area contributed by atoms with Gasteiger partial charge in [-0.1, -0.05) is 12.1 Å². The van der Waals surface area contributed by atoms with Gasteiger partial charge in [-0.15, -0.1) is 0 Å². The van der Waals surface area contributed by atoms with Crippen molar-refractivity contribution in [1.82, 2.24) is 10.2 Å². The average molecular weight is 511 g/mol. The standard InChI is InChI=1S/C19H15FIN3O5/c1-29-15-8-10(6-12(21)17(15)26)7-14-18(27)24(19(28)23-14)9-16(25)22-13-5-3-2-4-11(13)20/h2-8,26H,9H2,1H3,(H,22,25)(H,23,28)/b14-7+. The molecule has 0 spiro atoms. The number of hydrogen-bond acceptors (Lipinski definition) is 5. The molecular formula is C19H15FIN3O5. The van der Waals surface area contributed by atoms with E-state index in [4.69, 9.17) is 4.74 Å². The van der Waals surface area contributed by atoms with Gasteiger partial charge in [0.25, 0.3) is 5.91 Å². The highest BCUT2D eigenvalue weighted by Crippen LogP contribution is 2.33. The van der Waals surface area contributed by atoms with Gasteiger partial charge in [-0.25, -0.2) is 14.1 Å². The fourth-order valence-corrected chi connectivity index (χ4v) is 3.24. The van der Waals surface area contributed by atoms with E-state index in [0.717, 1.165) is 0 Å². The second kappa shape index (κ2) is 8.47. The number of carbonyl (C=O) groups is 3. The number of rotatable bonds is 5. The Morgan fingerprint density at radius 2 is 2.07 bits per heavy atom. The van der Waals surface area contributed by atoms with Gasteiger partial charge in [-0.3, -0.25) is 9.59 Å². The number of halogens is 2. The molecule has 0 atom stereocenters. The van der Waals surface area contributed by atoms with Crippen LogP contribution < -0.4 is 15.4 Å². The zero-order valence-corrected chi connectivity index (χ0v) is 17.2. The summed E-state index contributed by atoms with van der Waals surface area (Å²) in [5.74, 6) is -1.89.